The van der Waals surface area contributed by atoms with Crippen molar-refractivity contribution in [1.29, 1.82) is 0 Å². The fourth-order valence-electron chi connectivity index (χ4n) is 3.14. The average molecular weight is 312 g/mol. The lowest BCUT2D eigenvalue weighted by Crippen LogP contribution is -2.28. The molecule has 0 heterocycles. The van der Waals surface area contributed by atoms with Gasteiger partial charge in [-0.3, -0.25) is 9.59 Å². The van der Waals surface area contributed by atoms with Crippen molar-refractivity contribution in [2.45, 2.75) is 90.6 Å². The second kappa shape index (κ2) is 10.6. The first-order valence-electron chi connectivity index (χ1n) is 8.97. The van der Waals surface area contributed by atoms with Gasteiger partial charge in [-0.15, -0.1) is 0 Å². The lowest BCUT2D eigenvalue weighted by atomic mass is 9.85. The summed E-state index contributed by atoms with van der Waals surface area (Å²) in [6.45, 7) is 3.71. The highest BCUT2D eigenvalue weighted by Crippen LogP contribution is 2.28. The minimum Gasteiger partial charge on any atom is -0.481 e. The van der Waals surface area contributed by atoms with Crippen molar-refractivity contribution < 1.29 is 19.4 Å². The van der Waals surface area contributed by atoms with Gasteiger partial charge >= 0.3 is 11.9 Å². The Kier molecular flexibility index (Phi) is 9.17. The Morgan fingerprint density at radius 3 is 2.41 bits per heavy atom. The van der Waals surface area contributed by atoms with Crippen molar-refractivity contribution in [1.82, 2.24) is 0 Å². The molecule has 1 rings (SSSR count). The summed E-state index contributed by atoms with van der Waals surface area (Å²) in [5.74, 6) is -1.75. The number of rotatable bonds is 10. The van der Waals surface area contributed by atoms with Crippen LogP contribution in [0, 0.1) is 11.8 Å². The zero-order chi connectivity index (χ0) is 16.4. The molecule has 0 bridgehead atoms. The van der Waals surface area contributed by atoms with E-state index < -0.39 is 17.9 Å². The van der Waals surface area contributed by atoms with Crippen LogP contribution in [-0.2, 0) is 14.3 Å². The van der Waals surface area contributed by atoms with Gasteiger partial charge < -0.3 is 9.84 Å². The van der Waals surface area contributed by atoms with Crippen molar-refractivity contribution in [3.63, 3.8) is 0 Å². The molecule has 0 radical (unpaired) electrons. The predicted octanol–water partition coefficient (Wildman–Crippen LogP) is 4.56. The van der Waals surface area contributed by atoms with Crippen LogP contribution >= 0.6 is 0 Å². The maximum absolute atomic E-state index is 11.9. The van der Waals surface area contributed by atoms with Gasteiger partial charge in [-0.1, -0.05) is 64.7 Å². The maximum Gasteiger partial charge on any atom is 0.320 e. The molecule has 0 aromatic heterocycles. The second-order valence-corrected chi connectivity index (χ2v) is 6.69. The van der Waals surface area contributed by atoms with Gasteiger partial charge in [0.05, 0.1) is 6.10 Å². The Hall–Kier alpha value is -1.06. The average Bonchev–Trinajstić information content (AvgIpc) is 2.51. The van der Waals surface area contributed by atoms with Crippen LogP contribution in [0.5, 0.6) is 0 Å². The molecule has 1 aliphatic rings. The van der Waals surface area contributed by atoms with Crippen LogP contribution in [0.15, 0.2) is 0 Å². The SMILES string of the molecule is CCC(C)OC(=O)C(CCCCCC1CCCCC1)C(=O)O. The molecular formula is C18H32O4. The number of carbonyl (C=O) groups excluding carboxylic acids is 1. The molecule has 0 amide bonds. The van der Waals surface area contributed by atoms with E-state index in [4.69, 9.17) is 4.74 Å². The van der Waals surface area contributed by atoms with Gasteiger partial charge in [-0.25, -0.2) is 0 Å². The van der Waals surface area contributed by atoms with E-state index in [0.717, 1.165) is 25.2 Å². The first kappa shape index (κ1) is 19.0. The fraction of sp³-hybridized carbons (Fsp3) is 0.889. The van der Waals surface area contributed by atoms with Crippen LogP contribution in [0.4, 0.5) is 0 Å². The third-order valence-electron chi connectivity index (χ3n) is 4.80. The molecule has 0 aliphatic heterocycles. The van der Waals surface area contributed by atoms with Gasteiger partial charge in [0.2, 0.25) is 0 Å². The Balaban J connectivity index is 2.20. The molecule has 1 N–H and O–H groups in total. The molecule has 128 valence electrons. The molecule has 0 spiro atoms. The normalized spacial score (nSPS) is 18.6. The molecule has 0 aromatic carbocycles. The largest absolute Gasteiger partial charge is 0.481 e. The number of ether oxygens (including phenoxy) is 1. The number of carboxylic acids is 1. The number of aliphatic carboxylic acids is 1. The Morgan fingerprint density at radius 1 is 1.14 bits per heavy atom. The van der Waals surface area contributed by atoms with Crippen molar-refractivity contribution in [2.75, 3.05) is 0 Å². The van der Waals surface area contributed by atoms with Gasteiger partial charge in [0, 0.05) is 0 Å². The van der Waals surface area contributed by atoms with E-state index in [0.29, 0.717) is 12.8 Å². The molecule has 2 unspecified atom stereocenters. The summed E-state index contributed by atoms with van der Waals surface area (Å²) in [7, 11) is 0. The predicted molar refractivity (Wildman–Crippen MR) is 86.6 cm³/mol. The van der Waals surface area contributed by atoms with Crippen molar-refractivity contribution in [2.24, 2.45) is 11.8 Å². The number of unbranched alkanes of at least 4 members (excludes halogenated alkanes) is 2. The van der Waals surface area contributed by atoms with E-state index in [2.05, 4.69) is 0 Å². The maximum atomic E-state index is 11.9. The number of esters is 1. The standard InChI is InChI=1S/C18H32O4/c1-3-14(2)22-18(21)16(17(19)20)13-9-5-8-12-15-10-6-4-7-11-15/h14-16H,3-13H2,1-2H3,(H,19,20). The van der Waals surface area contributed by atoms with Crippen LogP contribution in [-0.4, -0.2) is 23.1 Å². The molecule has 0 aromatic rings. The summed E-state index contributed by atoms with van der Waals surface area (Å²) < 4.78 is 5.16. The lowest BCUT2D eigenvalue weighted by molar-refractivity contribution is -0.162. The fourth-order valence-corrected chi connectivity index (χ4v) is 3.14. The molecule has 1 fully saturated rings. The highest BCUT2D eigenvalue weighted by atomic mass is 16.5. The smallest absolute Gasteiger partial charge is 0.320 e. The van der Waals surface area contributed by atoms with Crippen LogP contribution in [0.3, 0.4) is 0 Å². The summed E-state index contributed by atoms with van der Waals surface area (Å²) >= 11 is 0. The van der Waals surface area contributed by atoms with Crippen LogP contribution in [0.2, 0.25) is 0 Å². The third kappa shape index (κ3) is 7.28. The summed E-state index contributed by atoms with van der Waals surface area (Å²) in [6, 6.07) is 0. The molecule has 22 heavy (non-hydrogen) atoms. The first-order chi connectivity index (χ1) is 10.5. The van der Waals surface area contributed by atoms with Crippen molar-refractivity contribution in [3.8, 4) is 0 Å². The van der Waals surface area contributed by atoms with E-state index in [1.54, 1.807) is 6.92 Å². The van der Waals surface area contributed by atoms with E-state index >= 15 is 0 Å². The van der Waals surface area contributed by atoms with E-state index in [1.165, 1.54) is 38.5 Å². The number of hydrogen-bond acceptors (Lipinski definition) is 3. The molecule has 4 heteroatoms. The Labute approximate surface area is 134 Å². The third-order valence-corrected chi connectivity index (χ3v) is 4.80. The molecule has 1 aliphatic carbocycles. The van der Waals surface area contributed by atoms with Crippen LogP contribution in [0.1, 0.15) is 84.5 Å². The number of carboxylic acid groups (broad SMARTS) is 1. The molecule has 4 nitrogen and oxygen atoms in total. The van der Waals surface area contributed by atoms with Crippen molar-refractivity contribution in [3.05, 3.63) is 0 Å². The van der Waals surface area contributed by atoms with Gasteiger partial charge in [0.15, 0.2) is 5.92 Å². The number of carbonyl (C=O) groups is 2. The molecule has 1 saturated carbocycles. The second-order valence-electron chi connectivity index (χ2n) is 6.69. The highest BCUT2D eigenvalue weighted by molar-refractivity contribution is 5.93. The zero-order valence-corrected chi connectivity index (χ0v) is 14.2. The first-order valence-corrected chi connectivity index (χ1v) is 8.97. The van der Waals surface area contributed by atoms with E-state index in [1.807, 2.05) is 6.92 Å². The summed E-state index contributed by atoms with van der Waals surface area (Å²) in [4.78, 5) is 23.1. The van der Waals surface area contributed by atoms with Crippen molar-refractivity contribution >= 4 is 11.9 Å². The van der Waals surface area contributed by atoms with Gasteiger partial charge in [0.1, 0.15) is 0 Å². The Bertz CT molecular complexity index is 334. The minimum atomic E-state index is -1.06. The summed E-state index contributed by atoms with van der Waals surface area (Å²) in [6.07, 6.45) is 11.9. The van der Waals surface area contributed by atoms with Gasteiger partial charge in [-0.05, 0) is 25.7 Å². The summed E-state index contributed by atoms with van der Waals surface area (Å²) in [5.41, 5.74) is 0. The molecule has 0 saturated heterocycles. The quantitative estimate of drug-likeness (QED) is 0.365. The Morgan fingerprint density at radius 2 is 1.82 bits per heavy atom. The molecular weight excluding hydrogens is 280 g/mol. The highest BCUT2D eigenvalue weighted by Gasteiger charge is 2.28. The topological polar surface area (TPSA) is 63.6 Å². The van der Waals surface area contributed by atoms with Crippen LogP contribution in [0.25, 0.3) is 0 Å². The van der Waals surface area contributed by atoms with Gasteiger partial charge in [0.25, 0.3) is 0 Å². The zero-order valence-electron chi connectivity index (χ0n) is 14.2. The minimum absolute atomic E-state index is 0.208. The number of hydrogen-bond donors (Lipinski definition) is 1. The lowest BCUT2D eigenvalue weighted by Gasteiger charge is -2.21. The van der Waals surface area contributed by atoms with Gasteiger partial charge in [-0.2, -0.15) is 0 Å². The van der Waals surface area contributed by atoms with E-state index in [9.17, 15) is 14.7 Å². The molecule has 2 atom stereocenters. The summed E-state index contributed by atoms with van der Waals surface area (Å²) in [5, 5.41) is 9.19. The van der Waals surface area contributed by atoms with Crippen LogP contribution < -0.4 is 0 Å². The monoisotopic (exact) mass is 312 g/mol. The van der Waals surface area contributed by atoms with E-state index in [-0.39, 0.29) is 6.10 Å².